The zero-order chi connectivity index (χ0) is 35.5. The topological polar surface area (TPSA) is 171 Å². The predicted molar refractivity (Wildman–Crippen MR) is 181 cm³/mol. The normalized spacial score (nSPS) is 17.1. The highest BCUT2D eigenvalue weighted by molar-refractivity contribution is 7.92. The molecule has 5 amide bonds. The van der Waals surface area contributed by atoms with E-state index < -0.39 is 73.2 Å². The molecule has 0 heterocycles. The van der Waals surface area contributed by atoms with Gasteiger partial charge in [0.25, 0.3) is 5.91 Å². The molecular weight excluding hydrogens is 610 g/mol. The van der Waals surface area contributed by atoms with E-state index in [2.05, 4.69) is 27.8 Å². The van der Waals surface area contributed by atoms with E-state index >= 15 is 0 Å². The minimum absolute atomic E-state index is 0.106. The Labute approximate surface area is 276 Å². The van der Waals surface area contributed by atoms with Crippen LogP contribution in [0.3, 0.4) is 0 Å². The Bertz CT molecular complexity index is 1200. The van der Waals surface area contributed by atoms with Crippen molar-refractivity contribution in [2.24, 2.45) is 5.41 Å². The van der Waals surface area contributed by atoms with Gasteiger partial charge in [0.2, 0.25) is 17.6 Å². The minimum Gasteiger partial charge on any atom is -0.346 e. The van der Waals surface area contributed by atoms with Crippen molar-refractivity contribution in [3.63, 3.8) is 0 Å². The van der Waals surface area contributed by atoms with E-state index in [1.165, 1.54) is 11.0 Å². The smallest absolute Gasteiger partial charge is 0.315 e. The standard InChI is InChI=1S/C33H59N5O7S/c1-11-17-24(25(39)28(41)34-20-12-2)35-27(40)23(4)38(21-13-3)29(42)26(31(5,6)7)36-30(43)37-33(18-15-14-16-19-33)22-46(44,45)32(8,9)10/h12,23-24,26H,2,11,13-22H2,1,3-10H3,(H,34,41)(H,35,40)(H2,36,37,43)/t23-,24?,26+/m0/s1. The first kappa shape index (κ1) is 41.1. The van der Waals surface area contributed by atoms with Crippen molar-refractivity contribution in [2.45, 2.75) is 142 Å². The lowest BCUT2D eigenvalue weighted by Crippen LogP contribution is -2.64. The van der Waals surface area contributed by atoms with Crippen LogP contribution in [-0.4, -0.2) is 90.1 Å². The van der Waals surface area contributed by atoms with Gasteiger partial charge in [0, 0.05) is 13.1 Å². The lowest BCUT2D eigenvalue weighted by Gasteiger charge is -2.41. The number of amides is 5. The van der Waals surface area contributed by atoms with Crippen LogP contribution in [0.15, 0.2) is 12.7 Å². The molecule has 3 atom stereocenters. The third-order valence-corrected chi connectivity index (χ3v) is 11.2. The predicted octanol–water partition coefficient (Wildman–Crippen LogP) is 3.40. The van der Waals surface area contributed by atoms with Gasteiger partial charge in [-0.2, -0.15) is 0 Å². The number of ketones is 1. The molecule has 1 unspecified atom stereocenters. The summed E-state index contributed by atoms with van der Waals surface area (Å²) in [6.07, 6.45) is 6.23. The Balaban J connectivity index is 3.27. The quantitative estimate of drug-likeness (QED) is 0.144. The van der Waals surface area contributed by atoms with Gasteiger partial charge in [-0.25, -0.2) is 13.2 Å². The van der Waals surface area contributed by atoms with Gasteiger partial charge in [-0.15, -0.1) is 6.58 Å². The Kier molecular flexibility index (Phi) is 15.4. The summed E-state index contributed by atoms with van der Waals surface area (Å²) in [4.78, 5) is 67.6. The zero-order valence-electron chi connectivity index (χ0n) is 29.5. The Morgan fingerprint density at radius 3 is 2.00 bits per heavy atom. The van der Waals surface area contributed by atoms with Gasteiger partial charge in [-0.1, -0.05) is 66.4 Å². The molecule has 0 saturated heterocycles. The van der Waals surface area contributed by atoms with Gasteiger partial charge in [-0.05, 0) is 58.8 Å². The number of hydrogen-bond donors (Lipinski definition) is 4. The van der Waals surface area contributed by atoms with E-state index in [0.29, 0.717) is 25.7 Å². The second-order valence-corrected chi connectivity index (χ2v) is 17.3. The number of nitrogens with zero attached hydrogens (tertiary/aromatic N) is 1. The van der Waals surface area contributed by atoms with Gasteiger partial charge in [-0.3, -0.25) is 19.2 Å². The molecule has 1 saturated carbocycles. The average Bonchev–Trinajstić information content (AvgIpc) is 2.94. The van der Waals surface area contributed by atoms with Crippen LogP contribution in [0.25, 0.3) is 0 Å². The summed E-state index contributed by atoms with van der Waals surface area (Å²) in [5.74, 6) is -2.91. The van der Waals surface area contributed by atoms with E-state index in [1.807, 2.05) is 13.8 Å². The van der Waals surface area contributed by atoms with Crippen LogP contribution in [0, 0.1) is 5.41 Å². The molecule has 12 nitrogen and oxygen atoms in total. The monoisotopic (exact) mass is 669 g/mol. The van der Waals surface area contributed by atoms with Gasteiger partial charge >= 0.3 is 6.03 Å². The van der Waals surface area contributed by atoms with Gasteiger partial charge < -0.3 is 26.2 Å². The van der Waals surface area contributed by atoms with Crippen LogP contribution in [0.1, 0.15) is 114 Å². The summed E-state index contributed by atoms with van der Waals surface area (Å²) >= 11 is 0. The molecule has 0 spiro atoms. The molecule has 0 aromatic rings. The Morgan fingerprint density at radius 1 is 0.935 bits per heavy atom. The molecule has 0 aromatic heterocycles. The highest BCUT2D eigenvalue weighted by Crippen LogP contribution is 2.33. The molecule has 0 aliphatic heterocycles. The number of hydrogen-bond acceptors (Lipinski definition) is 7. The second-order valence-electron chi connectivity index (χ2n) is 14.5. The van der Waals surface area contributed by atoms with Crippen LogP contribution in [-0.2, 0) is 29.0 Å². The molecule has 1 fully saturated rings. The lowest BCUT2D eigenvalue weighted by molar-refractivity contribution is -0.145. The molecule has 0 bridgehead atoms. The highest BCUT2D eigenvalue weighted by atomic mass is 32.2. The van der Waals surface area contributed by atoms with Crippen LogP contribution < -0.4 is 21.3 Å². The lowest BCUT2D eigenvalue weighted by atomic mass is 9.83. The second kappa shape index (κ2) is 17.3. The summed E-state index contributed by atoms with van der Waals surface area (Å²) in [6.45, 7) is 19.4. The van der Waals surface area contributed by atoms with Crippen molar-refractivity contribution < 1.29 is 32.4 Å². The number of nitrogens with one attached hydrogen (secondary N) is 4. The molecule has 0 aromatic carbocycles. The van der Waals surface area contributed by atoms with Crippen molar-refractivity contribution in [2.75, 3.05) is 18.8 Å². The number of carbonyl (C=O) groups excluding carboxylic acids is 5. The molecule has 0 radical (unpaired) electrons. The van der Waals surface area contributed by atoms with Crippen molar-refractivity contribution in [3.05, 3.63) is 12.7 Å². The fourth-order valence-electron chi connectivity index (χ4n) is 5.47. The molecule has 13 heteroatoms. The first-order valence-electron chi connectivity index (χ1n) is 16.5. The summed E-state index contributed by atoms with van der Waals surface area (Å²) in [5.41, 5.74) is -1.74. The average molecular weight is 670 g/mol. The molecule has 264 valence electrons. The number of sulfone groups is 1. The van der Waals surface area contributed by atoms with Crippen molar-refractivity contribution in [1.29, 1.82) is 0 Å². The summed E-state index contributed by atoms with van der Waals surface area (Å²) < 4.78 is 25.5. The minimum atomic E-state index is -3.56. The van der Waals surface area contributed by atoms with Gasteiger partial charge in [0.1, 0.15) is 12.1 Å². The fraction of sp³-hybridized carbons (Fsp3) is 0.788. The van der Waals surface area contributed by atoms with Gasteiger partial charge in [0.15, 0.2) is 9.84 Å². The first-order chi connectivity index (χ1) is 21.2. The largest absolute Gasteiger partial charge is 0.346 e. The van der Waals surface area contributed by atoms with Crippen molar-refractivity contribution in [1.82, 2.24) is 26.2 Å². The highest BCUT2D eigenvalue weighted by Gasteiger charge is 2.44. The van der Waals surface area contributed by atoms with Gasteiger partial charge in [0.05, 0.1) is 22.1 Å². The number of urea groups is 1. The van der Waals surface area contributed by atoms with E-state index in [4.69, 9.17) is 0 Å². The Hall–Kier alpha value is -2.96. The van der Waals surface area contributed by atoms with E-state index in [0.717, 1.165) is 19.3 Å². The third kappa shape index (κ3) is 11.7. The number of rotatable bonds is 16. The van der Waals surface area contributed by atoms with Crippen molar-refractivity contribution in [3.8, 4) is 0 Å². The van der Waals surface area contributed by atoms with E-state index in [1.54, 1.807) is 48.5 Å². The van der Waals surface area contributed by atoms with Crippen LogP contribution >= 0.6 is 0 Å². The maximum absolute atomic E-state index is 14.1. The maximum Gasteiger partial charge on any atom is 0.315 e. The number of carbonyl (C=O) groups is 5. The summed E-state index contributed by atoms with van der Waals surface area (Å²) in [7, 11) is -3.56. The maximum atomic E-state index is 14.1. The summed E-state index contributed by atoms with van der Waals surface area (Å²) in [5, 5.41) is 10.9. The molecular formula is C33H59N5O7S. The van der Waals surface area contributed by atoms with E-state index in [-0.39, 0.29) is 25.3 Å². The molecule has 4 N–H and O–H groups in total. The molecule has 46 heavy (non-hydrogen) atoms. The number of Topliss-reactive ketones (excluding diaryl/α,β-unsaturated/α-hetero) is 1. The van der Waals surface area contributed by atoms with Crippen LogP contribution in [0.2, 0.25) is 0 Å². The molecule has 1 aliphatic rings. The SMILES string of the molecule is C=CCNC(=O)C(=O)C(CCC)NC(=O)[C@H](C)N(CCC)C(=O)[C@@H](NC(=O)NC1(CS(=O)(=O)C(C)(C)C)CCCCC1)C(C)(C)C. The molecule has 1 rings (SSSR count). The van der Waals surface area contributed by atoms with E-state index in [9.17, 15) is 32.4 Å². The van der Waals surface area contributed by atoms with Crippen LogP contribution in [0.4, 0.5) is 4.79 Å². The first-order valence-corrected chi connectivity index (χ1v) is 18.2. The summed E-state index contributed by atoms with van der Waals surface area (Å²) in [6, 6.07) is -3.80. The fourth-order valence-corrected chi connectivity index (χ4v) is 7.00. The molecule has 1 aliphatic carbocycles. The Morgan fingerprint density at radius 2 is 1.52 bits per heavy atom. The zero-order valence-corrected chi connectivity index (χ0v) is 30.3. The van der Waals surface area contributed by atoms with Crippen LogP contribution in [0.5, 0.6) is 0 Å². The van der Waals surface area contributed by atoms with Crippen molar-refractivity contribution >= 4 is 39.4 Å². The third-order valence-electron chi connectivity index (χ3n) is 8.41.